The molecule has 0 unspecified atom stereocenters. The second kappa shape index (κ2) is 5.39. The first-order valence-corrected chi connectivity index (χ1v) is 7.32. The van der Waals surface area contributed by atoms with Crippen molar-refractivity contribution in [2.24, 2.45) is 4.99 Å². The molecule has 0 bridgehead atoms. The fourth-order valence-corrected chi connectivity index (χ4v) is 3.08. The molecule has 2 aliphatic rings. The fourth-order valence-electron chi connectivity index (χ4n) is 3.08. The van der Waals surface area contributed by atoms with Crippen LogP contribution in [0.3, 0.4) is 0 Å². The predicted octanol–water partition coefficient (Wildman–Crippen LogP) is 2.28. The molecule has 0 radical (unpaired) electrons. The minimum Gasteiger partial charge on any atom is -0.497 e. The molecule has 1 aliphatic carbocycles. The molecule has 5 nitrogen and oxygen atoms in total. The SMILES string of the molecule is COc1cc(OC)cc(C2=NC3(CCCCC3)NC2=O)c1. The Morgan fingerprint density at radius 2 is 1.67 bits per heavy atom. The molecule has 1 amide bonds. The zero-order chi connectivity index (χ0) is 14.9. The smallest absolute Gasteiger partial charge is 0.272 e. The number of amides is 1. The van der Waals surface area contributed by atoms with E-state index in [4.69, 9.17) is 14.5 Å². The Labute approximate surface area is 124 Å². The molecule has 21 heavy (non-hydrogen) atoms. The van der Waals surface area contributed by atoms with Gasteiger partial charge in [-0.2, -0.15) is 0 Å². The molecule has 5 heteroatoms. The van der Waals surface area contributed by atoms with Gasteiger partial charge in [-0.05, 0) is 37.8 Å². The molecule has 3 rings (SSSR count). The predicted molar refractivity (Wildman–Crippen MR) is 80.0 cm³/mol. The maximum absolute atomic E-state index is 12.3. The number of carbonyl (C=O) groups is 1. The molecule has 1 saturated carbocycles. The lowest BCUT2D eigenvalue weighted by Crippen LogP contribution is -2.43. The second-order valence-corrected chi connectivity index (χ2v) is 5.61. The van der Waals surface area contributed by atoms with Crippen LogP contribution in [0.2, 0.25) is 0 Å². The molecule has 1 heterocycles. The van der Waals surface area contributed by atoms with E-state index in [2.05, 4.69) is 5.32 Å². The fraction of sp³-hybridized carbons (Fsp3) is 0.500. The van der Waals surface area contributed by atoms with Crippen LogP contribution in [0.4, 0.5) is 0 Å². The average molecular weight is 288 g/mol. The van der Waals surface area contributed by atoms with E-state index < -0.39 is 0 Å². The molecule has 1 aromatic rings. The van der Waals surface area contributed by atoms with Gasteiger partial charge in [0.2, 0.25) is 0 Å². The van der Waals surface area contributed by atoms with Gasteiger partial charge in [-0.25, -0.2) is 0 Å². The van der Waals surface area contributed by atoms with Crippen LogP contribution >= 0.6 is 0 Å². The van der Waals surface area contributed by atoms with Gasteiger partial charge in [0.05, 0.1) is 14.2 Å². The van der Waals surface area contributed by atoms with E-state index >= 15 is 0 Å². The molecule has 0 aromatic heterocycles. The summed E-state index contributed by atoms with van der Waals surface area (Å²) in [5.41, 5.74) is 0.835. The Morgan fingerprint density at radius 3 is 2.24 bits per heavy atom. The van der Waals surface area contributed by atoms with Crippen molar-refractivity contribution in [2.75, 3.05) is 14.2 Å². The Bertz CT molecular complexity index is 567. The van der Waals surface area contributed by atoms with Crippen LogP contribution in [-0.4, -0.2) is 31.5 Å². The van der Waals surface area contributed by atoms with Crippen LogP contribution in [0.1, 0.15) is 37.7 Å². The van der Waals surface area contributed by atoms with Crippen LogP contribution in [-0.2, 0) is 4.79 Å². The number of carbonyl (C=O) groups excluding carboxylic acids is 1. The van der Waals surface area contributed by atoms with E-state index in [1.54, 1.807) is 20.3 Å². The zero-order valence-corrected chi connectivity index (χ0v) is 12.4. The lowest BCUT2D eigenvalue weighted by molar-refractivity contribution is -0.115. The van der Waals surface area contributed by atoms with Crippen molar-refractivity contribution in [1.82, 2.24) is 5.32 Å². The Kier molecular flexibility index (Phi) is 3.57. The van der Waals surface area contributed by atoms with Crippen molar-refractivity contribution in [1.29, 1.82) is 0 Å². The lowest BCUT2D eigenvalue weighted by Gasteiger charge is -2.30. The molecule has 112 valence electrons. The molecule has 1 N–H and O–H groups in total. The van der Waals surface area contributed by atoms with Gasteiger partial charge >= 0.3 is 0 Å². The van der Waals surface area contributed by atoms with Crippen LogP contribution in [0.25, 0.3) is 0 Å². The normalized spacial score (nSPS) is 20.1. The number of hydrogen-bond acceptors (Lipinski definition) is 4. The highest BCUT2D eigenvalue weighted by Crippen LogP contribution is 2.34. The highest BCUT2D eigenvalue weighted by atomic mass is 16.5. The van der Waals surface area contributed by atoms with Crippen molar-refractivity contribution < 1.29 is 14.3 Å². The number of aliphatic imine (C=N–C) groups is 1. The van der Waals surface area contributed by atoms with E-state index in [0.717, 1.165) is 31.2 Å². The quantitative estimate of drug-likeness (QED) is 0.928. The van der Waals surface area contributed by atoms with Crippen LogP contribution in [0, 0.1) is 0 Å². The highest BCUT2D eigenvalue weighted by molar-refractivity contribution is 6.47. The van der Waals surface area contributed by atoms with Gasteiger partial charge in [0, 0.05) is 11.6 Å². The molecule has 1 spiro atoms. The third kappa shape index (κ3) is 2.60. The van der Waals surface area contributed by atoms with Gasteiger partial charge in [-0.3, -0.25) is 9.79 Å². The topological polar surface area (TPSA) is 59.9 Å². The van der Waals surface area contributed by atoms with Gasteiger partial charge in [0.1, 0.15) is 22.9 Å². The molecular weight excluding hydrogens is 268 g/mol. The summed E-state index contributed by atoms with van der Waals surface area (Å²) < 4.78 is 10.5. The number of nitrogens with one attached hydrogen (secondary N) is 1. The van der Waals surface area contributed by atoms with E-state index in [0.29, 0.717) is 17.2 Å². The molecule has 0 saturated heterocycles. The monoisotopic (exact) mass is 288 g/mol. The van der Waals surface area contributed by atoms with Crippen LogP contribution in [0.15, 0.2) is 23.2 Å². The summed E-state index contributed by atoms with van der Waals surface area (Å²) >= 11 is 0. The molecule has 1 aliphatic heterocycles. The summed E-state index contributed by atoms with van der Waals surface area (Å²) in [6, 6.07) is 5.43. The van der Waals surface area contributed by atoms with E-state index in [9.17, 15) is 4.79 Å². The number of rotatable bonds is 3. The average Bonchev–Trinajstić information content (AvgIpc) is 2.83. The second-order valence-electron chi connectivity index (χ2n) is 5.61. The zero-order valence-electron chi connectivity index (χ0n) is 12.4. The summed E-state index contributed by atoms with van der Waals surface area (Å²) in [4.78, 5) is 17.0. The van der Waals surface area contributed by atoms with E-state index in [-0.39, 0.29) is 11.6 Å². The number of methoxy groups -OCH3 is 2. The van der Waals surface area contributed by atoms with Crippen LogP contribution < -0.4 is 14.8 Å². The summed E-state index contributed by atoms with van der Waals surface area (Å²) in [6.07, 6.45) is 5.28. The molecular formula is C16H20N2O3. The van der Waals surface area contributed by atoms with E-state index in [1.165, 1.54) is 6.42 Å². The number of hydrogen-bond donors (Lipinski definition) is 1. The van der Waals surface area contributed by atoms with Gasteiger partial charge in [-0.1, -0.05) is 6.42 Å². The van der Waals surface area contributed by atoms with Crippen molar-refractivity contribution in [3.63, 3.8) is 0 Å². The first kappa shape index (κ1) is 13.9. The number of benzene rings is 1. The Balaban J connectivity index is 1.99. The number of nitrogens with zero attached hydrogens (tertiary/aromatic N) is 1. The molecule has 0 atom stereocenters. The lowest BCUT2D eigenvalue weighted by atomic mass is 9.90. The molecule has 1 fully saturated rings. The summed E-state index contributed by atoms with van der Waals surface area (Å²) in [6.45, 7) is 0. The summed E-state index contributed by atoms with van der Waals surface area (Å²) in [5, 5.41) is 3.07. The summed E-state index contributed by atoms with van der Waals surface area (Å²) in [7, 11) is 3.19. The van der Waals surface area contributed by atoms with E-state index in [1.807, 2.05) is 12.1 Å². The minimum atomic E-state index is -0.388. The van der Waals surface area contributed by atoms with Crippen molar-refractivity contribution in [3.8, 4) is 11.5 Å². The van der Waals surface area contributed by atoms with Crippen LogP contribution in [0.5, 0.6) is 11.5 Å². The third-order valence-electron chi connectivity index (χ3n) is 4.19. The van der Waals surface area contributed by atoms with Crippen molar-refractivity contribution >= 4 is 11.6 Å². The van der Waals surface area contributed by atoms with Gasteiger partial charge in [0.15, 0.2) is 0 Å². The first-order chi connectivity index (χ1) is 10.2. The Morgan fingerprint density at radius 1 is 1.05 bits per heavy atom. The standard InChI is InChI=1S/C16H20N2O3/c1-20-12-8-11(9-13(10-12)21-2)14-15(19)18-16(17-14)6-4-3-5-7-16/h8-10H,3-7H2,1-2H3,(H,18,19). The van der Waals surface area contributed by atoms with Crippen molar-refractivity contribution in [2.45, 2.75) is 37.8 Å². The van der Waals surface area contributed by atoms with Crippen molar-refractivity contribution in [3.05, 3.63) is 23.8 Å². The number of ether oxygens (including phenoxy) is 2. The largest absolute Gasteiger partial charge is 0.497 e. The Hall–Kier alpha value is -2.04. The first-order valence-electron chi connectivity index (χ1n) is 7.32. The summed E-state index contributed by atoms with van der Waals surface area (Å²) in [5.74, 6) is 1.21. The van der Waals surface area contributed by atoms with Gasteiger partial charge in [-0.15, -0.1) is 0 Å². The maximum Gasteiger partial charge on any atom is 0.272 e. The third-order valence-corrected chi connectivity index (χ3v) is 4.19. The molecule has 1 aromatic carbocycles. The minimum absolute atomic E-state index is 0.104. The van der Waals surface area contributed by atoms with Gasteiger partial charge in [0.25, 0.3) is 5.91 Å². The highest BCUT2D eigenvalue weighted by Gasteiger charge is 2.40. The maximum atomic E-state index is 12.3. The van der Waals surface area contributed by atoms with Gasteiger partial charge < -0.3 is 14.8 Å².